The number of likely N-dealkylation sites (tertiary alicyclic amines) is 2. The first-order valence-electron chi connectivity index (χ1n) is 9.68. The maximum Gasteiger partial charge on any atom is 0.272 e. The number of rotatable bonds is 5. The van der Waals surface area contributed by atoms with Crippen LogP contribution >= 0.6 is 0 Å². The average molecular weight is 347 g/mol. The number of aromatic nitrogens is 1. The highest BCUT2D eigenvalue weighted by atomic mass is 19.1. The number of pyridine rings is 1. The van der Waals surface area contributed by atoms with Gasteiger partial charge in [0.15, 0.2) is 0 Å². The fourth-order valence-electron chi connectivity index (χ4n) is 3.99. The highest BCUT2D eigenvalue weighted by molar-refractivity contribution is 5.92. The minimum Gasteiger partial charge on any atom is -0.334 e. The van der Waals surface area contributed by atoms with E-state index in [0.29, 0.717) is 18.7 Å². The molecule has 2 aliphatic heterocycles. The van der Waals surface area contributed by atoms with Crippen LogP contribution < -0.4 is 0 Å². The molecule has 0 saturated carbocycles. The molecule has 1 aromatic heterocycles. The van der Waals surface area contributed by atoms with E-state index >= 15 is 0 Å². The summed E-state index contributed by atoms with van der Waals surface area (Å²) in [5.41, 5.74) is 1.38. The van der Waals surface area contributed by atoms with Crippen LogP contribution in [0.4, 0.5) is 4.39 Å². The standard InChI is InChI=1S/C20H30FN3O/c1-3-15(2)16-7-10-23(11-8-16)14-18-5-4-6-19(22-18)20(25)24-12-9-17(21)13-24/h4-6,15-17H,3,7-14H2,1-2H3. The van der Waals surface area contributed by atoms with Crippen molar-refractivity contribution in [1.29, 1.82) is 0 Å². The van der Waals surface area contributed by atoms with Gasteiger partial charge in [-0.3, -0.25) is 9.69 Å². The summed E-state index contributed by atoms with van der Waals surface area (Å²) in [4.78, 5) is 21.0. The Hall–Kier alpha value is -1.49. The van der Waals surface area contributed by atoms with Crippen molar-refractivity contribution in [3.05, 3.63) is 29.6 Å². The summed E-state index contributed by atoms with van der Waals surface area (Å²) >= 11 is 0. The van der Waals surface area contributed by atoms with Crippen molar-refractivity contribution in [3.8, 4) is 0 Å². The molecule has 0 radical (unpaired) electrons. The molecule has 1 aromatic rings. The largest absolute Gasteiger partial charge is 0.334 e. The maximum absolute atomic E-state index is 13.3. The third-order valence-corrected chi connectivity index (χ3v) is 5.91. The smallest absolute Gasteiger partial charge is 0.272 e. The molecule has 1 amide bonds. The van der Waals surface area contributed by atoms with Crippen molar-refractivity contribution in [3.63, 3.8) is 0 Å². The minimum atomic E-state index is -0.890. The Morgan fingerprint density at radius 3 is 2.68 bits per heavy atom. The van der Waals surface area contributed by atoms with Gasteiger partial charge in [-0.1, -0.05) is 26.3 Å². The molecule has 2 saturated heterocycles. The van der Waals surface area contributed by atoms with E-state index in [9.17, 15) is 9.18 Å². The van der Waals surface area contributed by atoms with Gasteiger partial charge in [-0.25, -0.2) is 9.37 Å². The predicted octanol–water partition coefficient (Wildman–Crippen LogP) is 3.52. The van der Waals surface area contributed by atoms with Crippen LogP contribution in [0.2, 0.25) is 0 Å². The Balaban J connectivity index is 1.56. The first kappa shape index (κ1) is 18.3. The topological polar surface area (TPSA) is 36.4 Å². The molecule has 0 aromatic carbocycles. The number of halogens is 1. The van der Waals surface area contributed by atoms with Crippen LogP contribution in [0.15, 0.2) is 18.2 Å². The Labute approximate surface area is 150 Å². The van der Waals surface area contributed by atoms with Gasteiger partial charge in [0.1, 0.15) is 11.9 Å². The zero-order chi connectivity index (χ0) is 17.8. The zero-order valence-electron chi connectivity index (χ0n) is 15.5. The van der Waals surface area contributed by atoms with Crippen LogP contribution in [-0.2, 0) is 6.54 Å². The molecular formula is C20H30FN3O. The molecule has 138 valence electrons. The maximum atomic E-state index is 13.3. The van der Waals surface area contributed by atoms with Gasteiger partial charge in [-0.15, -0.1) is 0 Å². The highest BCUT2D eigenvalue weighted by Gasteiger charge is 2.28. The monoisotopic (exact) mass is 347 g/mol. The fraction of sp³-hybridized carbons (Fsp3) is 0.700. The van der Waals surface area contributed by atoms with Crippen molar-refractivity contribution >= 4 is 5.91 Å². The summed E-state index contributed by atoms with van der Waals surface area (Å²) in [7, 11) is 0. The van der Waals surface area contributed by atoms with Gasteiger partial charge in [0.25, 0.3) is 5.91 Å². The zero-order valence-corrected chi connectivity index (χ0v) is 15.5. The van der Waals surface area contributed by atoms with Crippen LogP contribution in [0.3, 0.4) is 0 Å². The lowest BCUT2D eigenvalue weighted by molar-refractivity contribution is 0.0776. The van der Waals surface area contributed by atoms with E-state index in [1.165, 1.54) is 19.3 Å². The minimum absolute atomic E-state index is 0.141. The number of carbonyl (C=O) groups excluding carboxylic acids is 1. The van der Waals surface area contributed by atoms with Crippen LogP contribution in [0.1, 0.15) is 55.7 Å². The van der Waals surface area contributed by atoms with E-state index < -0.39 is 6.17 Å². The highest BCUT2D eigenvalue weighted by Crippen LogP contribution is 2.27. The summed E-state index contributed by atoms with van der Waals surface area (Å²) in [6, 6.07) is 5.62. The van der Waals surface area contributed by atoms with Gasteiger partial charge in [0.05, 0.1) is 12.2 Å². The van der Waals surface area contributed by atoms with E-state index in [4.69, 9.17) is 0 Å². The quantitative estimate of drug-likeness (QED) is 0.818. The van der Waals surface area contributed by atoms with Crippen molar-refractivity contribution in [2.24, 2.45) is 11.8 Å². The van der Waals surface area contributed by atoms with Crippen LogP contribution in [-0.4, -0.2) is 53.0 Å². The molecule has 3 heterocycles. The molecule has 0 aliphatic carbocycles. The lowest BCUT2D eigenvalue weighted by atomic mass is 9.84. The third kappa shape index (κ3) is 4.57. The van der Waals surface area contributed by atoms with Gasteiger partial charge in [0.2, 0.25) is 0 Å². The molecular weight excluding hydrogens is 317 g/mol. The van der Waals surface area contributed by atoms with E-state index in [1.54, 1.807) is 11.0 Å². The molecule has 2 fully saturated rings. The second-order valence-electron chi connectivity index (χ2n) is 7.65. The summed E-state index contributed by atoms with van der Waals surface area (Å²) in [5.74, 6) is 1.50. The normalized spacial score (nSPS) is 23.8. The van der Waals surface area contributed by atoms with E-state index in [0.717, 1.165) is 37.2 Å². The average Bonchev–Trinajstić information content (AvgIpc) is 3.07. The lowest BCUT2D eigenvalue weighted by Gasteiger charge is -2.34. The Bertz CT molecular complexity index is 586. The molecule has 2 unspecified atom stereocenters. The van der Waals surface area contributed by atoms with Crippen LogP contribution in [0.25, 0.3) is 0 Å². The number of hydrogen-bond acceptors (Lipinski definition) is 3. The first-order chi connectivity index (χ1) is 12.1. The van der Waals surface area contributed by atoms with Gasteiger partial charge in [-0.2, -0.15) is 0 Å². The molecule has 2 atom stereocenters. The van der Waals surface area contributed by atoms with Gasteiger partial charge in [0, 0.05) is 13.1 Å². The van der Waals surface area contributed by atoms with Crippen LogP contribution in [0.5, 0.6) is 0 Å². The Morgan fingerprint density at radius 2 is 2.04 bits per heavy atom. The molecule has 3 rings (SSSR count). The molecule has 0 bridgehead atoms. The Morgan fingerprint density at radius 1 is 1.28 bits per heavy atom. The number of hydrogen-bond donors (Lipinski definition) is 0. The second-order valence-corrected chi connectivity index (χ2v) is 7.65. The molecule has 4 nitrogen and oxygen atoms in total. The molecule has 0 spiro atoms. The predicted molar refractivity (Wildman–Crippen MR) is 97.1 cm³/mol. The third-order valence-electron chi connectivity index (χ3n) is 5.91. The van der Waals surface area contributed by atoms with E-state index in [2.05, 4.69) is 23.7 Å². The molecule has 0 N–H and O–H groups in total. The first-order valence-corrected chi connectivity index (χ1v) is 9.68. The number of alkyl halides is 1. The Kier molecular flexibility index (Phi) is 6.05. The second kappa shape index (κ2) is 8.26. The number of nitrogens with zero attached hydrogens (tertiary/aromatic N) is 3. The summed E-state index contributed by atoms with van der Waals surface area (Å²) in [6.07, 6.45) is 3.31. The van der Waals surface area contributed by atoms with Gasteiger partial charge in [-0.05, 0) is 56.3 Å². The van der Waals surface area contributed by atoms with Crippen molar-refractivity contribution in [2.75, 3.05) is 26.2 Å². The number of carbonyl (C=O) groups is 1. The van der Waals surface area contributed by atoms with Crippen molar-refractivity contribution < 1.29 is 9.18 Å². The van der Waals surface area contributed by atoms with Crippen LogP contribution in [0, 0.1) is 11.8 Å². The van der Waals surface area contributed by atoms with Gasteiger partial charge < -0.3 is 4.90 Å². The van der Waals surface area contributed by atoms with E-state index in [-0.39, 0.29) is 12.5 Å². The summed E-state index contributed by atoms with van der Waals surface area (Å²) < 4.78 is 13.3. The SMILES string of the molecule is CCC(C)C1CCN(Cc2cccc(C(=O)N3CCC(F)C3)n2)CC1. The fourth-order valence-corrected chi connectivity index (χ4v) is 3.99. The molecule has 2 aliphatic rings. The summed E-state index contributed by atoms with van der Waals surface area (Å²) in [5, 5.41) is 0. The molecule has 25 heavy (non-hydrogen) atoms. The number of piperidine rings is 1. The lowest BCUT2D eigenvalue weighted by Crippen LogP contribution is -2.35. The van der Waals surface area contributed by atoms with E-state index in [1.807, 2.05) is 12.1 Å². The van der Waals surface area contributed by atoms with Gasteiger partial charge >= 0.3 is 0 Å². The van der Waals surface area contributed by atoms with Crippen molar-refractivity contribution in [2.45, 2.75) is 52.2 Å². The van der Waals surface area contributed by atoms with Crippen molar-refractivity contribution in [1.82, 2.24) is 14.8 Å². The molecule has 5 heteroatoms. The number of amides is 1. The summed E-state index contributed by atoms with van der Waals surface area (Å²) in [6.45, 7) is 8.32.